The van der Waals surface area contributed by atoms with E-state index in [1.54, 1.807) is 44.2 Å². The number of nitrogens with zero attached hydrogens (tertiary/aromatic N) is 1. The Labute approximate surface area is 206 Å². The number of halogens is 4. The molecule has 6 nitrogen and oxygen atoms in total. The summed E-state index contributed by atoms with van der Waals surface area (Å²) in [6.45, 7) is 3.02. The van der Waals surface area contributed by atoms with E-state index < -0.39 is 40.0 Å². The van der Waals surface area contributed by atoms with E-state index in [2.05, 4.69) is 5.32 Å². The van der Waals surface area contributed by atoms with Crippen molar-refractivity contribution in [3.05, 3.63) is 89.2 Å². The molecule has 192 valence electrons. The lowest BCUT2D eigenvalue weighted by Gasteiger charge is -2.23. The Bertz CT molecular complexity index is 1330. The standard InChI is InChI=1S/C25H24F4N2O4S/c1-3-35-23-12-10-20(13-17(23)2)36(33,34)31(15-18-7-5-4-6-8-18)16-24(32)30-19-9-11-22(26)21(14-19)25(27,28)29/h4-14H,3,15-16H2,1-2H3,(H,30,32). The van der Waals surface area contributed by atoms with Crippen molar-refractivity contribution in [1.29, 1.82) is 0 Å². The Balaban J connectivity index is 1.90. The first-order valence-electron chi connectivity index (χ1n) is 10.9. The van der Waals surface area contributed by atoms with Gasteiger partial charge in [-0.15, -0.1) is 0 Å². The number of anilines is 1. The molecule has 36 heavy (non-hydrogen) atoms. The van der Waals surface area contributed by atoms with Gasteiger partial charge in [0.25, 0.3) is 0 Å². The molecule has 0 fully saturated rings. The maximum Gasteiger partial charge on any atom is 0.419 e. The highest BCUT2D eigenvalue weighted by atomic mass is 32.2. The van der Waals surface area contributed by atoms with Gasteiger partial charge >= 0.3 is 6.18 Å². The topological polar surface area (TPSA) is 75.7 Å². The van der Waals surface area contributed by atoms with Crippen molar-refractivity contribution < 1.29 is 35.5 Å². The van der Waals surface area contributed by atoms with Gasteiger partial charge in [-0.05, 0) is 61.4 Å². The van der Waals surface area contributed by atoms with Crippen LogP contribution in [-0.2, 0) is 27.5 Å². The van der Waals surface area contributed by atoms with Gasteiger partial charge in [0.05, 0.1) is 23.6 Å². The summed E-state index contributed by atoms with van der Waals surface area (Å²) in [5.74, 6) is -1.86. The maximum absolute atomic E-state index is 13.6. The largest absolute Gasteiger partial charge is 0.494 e. The van der Waals surface area contributed by atoms with Gasteiger partial charge in [0.1, 0.15) is 11.6 Å². The van der Waals surface area contributed by atoms with Crippen LogP contribution in [0.15, 0.2) is 71.6 Å². The van der Waals surface area contributed by atoms with Crippen LogP contribution in [-0.4, -0.2) is 31.8 Å². The smallest absolute Gasteiger partial charge is 0.419 e. The molecule has 0 saturated carbocycles. The number of benzene rings is 3. The predicted molar refractivity (Wildman–Crippen MR) is 126 cm³/mol. The van der Waals surface area contributed by atoms with E-state index in [4.69, 9.17) is 4.74 Å². The van der Waals surface area contributed by atoms with Gasteiger partial charge < -0.3 is 10.1 Å². The molecule has 0 aromatic heterocycles. The highest BCUT2D eigenvalue weighted by Crippen LogP contribution is 2.33. The van der Waals surface area contributed by atoms with Crippen LogP contribution in [0.3, 0.4) is 0 Å². The van der Waals surface area contributed by atoms with E-state index in [1.165, 1.54) is 18.2 Å². The molecule has 0 aliphatic rings. The molecule has 0 aliphatic carbocycles. The molecule has 0 radical (unpaired) electrons. The van der Waals surface area contributed by atoms with Crippen molar-refractivity contribution >= 4 is 21.6 Å². The molecule has 1 N–H and O–H groups in total. The van der Waals surface area contributed by atoms with E-state index in [1.807, 2.05) is 0 Å². The van der Waals surface area contributed by atoms with E-state index in [0.717, 1.165) is 10.4 Å². The van der Waals surface area contributed by atoms with Crippen molar-refractivity contribution in [2.75, 3.05) is 18.5 Å². The third kappa shape index (κ3) is 6.61. The van der Waals surface area contributed by atoms with E-state index >= 15 is 0 Å². The van der Waals surface area contributed by atoms with Crippen LogP contribution >= 0.6 is 0 Å². The van der Waals surface area contributed by atoms with Crippen LogP contribution in [0.5, 0.6) is 5.75 Å². The zero-order valence-electron chi connectivity index (χ0n) is 19.5. The van der Waals surface area contributed by atoms with E-state index in [-0.39, 0.29) is 17.1 Å². The molecule has 0 aliphatic heterocycles. The second-order valence-electron chi connectivity index (χ2n) is 7.86. The van der Waals surface area contributed by atoms with Crippen molar-refractivity contribution in [3.63, 3.8) is 0 Å². The van der Waals surface area contributed by atoms with Gasteiger partial charge in [0.15, 0.2) is 0 Å². The fourth-order valence-corrected chi connectivity index (χ4v) is 4.91. The first-order chi connectivity index (χ1) is 16.9. The Morgan fingerprint density at radius 2 is 1.72 bits per heavy atom. The second kappa shape index (κ2) is 11.1. The normalized spacial score (nSPS) is 12.0. The fourth-order valence-electron chi connectivity index (χ4n) is 3.44. The number of carbonyl (C=O) groups excluding carboxylic acids is 1. The van der Waals surface area contributed by atoms with Gasteiger partial charge in [-0.25, -0.2) is 12.8 Å². The summed E-state index contributed by atoms with van der Waals surface area (Å²) in [6, 6.07) is 14.8. The van der Waals surface area contributed by atoms with Crippen LogP contribution in [0.1, 0.15) is 23.6 Å². The predicted octanol–water partition coefficient (Wildman–Crippen LogP) is 5.38. The molecular formula is C25H24F4N2O4S. The Morgan fingerprint density at radius 1 is 1.03 bits per heavy atom. The van der Waals surface area contributed by atoms with Crippen molar-refractivity contribution in [2.24, 2.45) is 0 Å². The van der Waals surface area contributed by atoms with Crippen molar-refractivity contribution in [3.8, 4) is 5.75 Å². The third-order valence-corrected chi connectivity index (χ3v) is 6.95. The summed E-state index contributed by atoms with van der Waals surface area (Å²) >= 11 is 0. The Hall–Kier alpha value is -3.44. The minimum atomic E-state index is -4.96. The number of alkyl halides is 3. The SMILES string of the molecule is CCOc1ccc(S(=O)(=O)N(CC(=O)Nc2ccc(F)c(C(F)(F)F)c2)Cc2ccccc2)cc1C. The molecule has 1 amide bonds. The fraction of sp³-hybridized carbons (Fsp3) is 0.240. The second-order valence-corrected chi connectivity index (χ2v) is 9.80. The van der Waals surface area contributed by atoms with Gasteiger partial charge in [-0.1, -0.05) is 30.3 Å². The van der Waals surface area contributed by atoms with Crippen LogP contribution < -0.4 is 10.1 Å². The first kappa shape index (κ1) is 27.2. The molecule has 0 unspecified atom stereocenters. The summed E-state index contributed by atoms with van der Waals surface area (Å²) < 4.78 is 86.0. The van der Waals surface area contributed by atoms with Gasteiger partial charge in [-0.3, -0.25) is 4.79 Å². The molecular weight excluding hydrogens is 500 g/mol. The van der Waals surface area contributed by atoms with Crippen LogP contribution in [0, 0.1) is 12.7 Å². The zero-order chi connectivity index (χ0) is 26.5. The van der Waals surface area contributed by atoms with Crippen molar-refractivity contribution in [2.45, 2.75) is 31.5 Å². The number of nitrogens with one attached hydrogen (secondary N) is 1. The minimum absolute atomic E-state index is 0.0756. The number of rotatable bonds is 9. The monoisotopic (exact) mass is 524 g/mol. The molecule has 0 saturated heterocycles. The summed E-state index contributed by atoms with van der Waals surface area (Å²) in [5, 5.41) is 2.23. The Morgan fingerprint density at radius 3 is 2.33 bits per heavy atom. The van der Waals surface area contributed by atoms with Crippen LogP contribution in [0.2, 0.25) is 0 Å². The van der Waals surface area contributed by atoms with Crippen LogP contribution in [0.25, 0.3) is 0 Å². The third-order valence-electron chi connectivity index (χ3n) is 5.16. The summed E-state index contributed by atoms with van der Waals surface area (Å²) in [4.78, 5) is 12.7. The molecule has 3 rings (SSSR count). The average molecular weight is 525 g/mol. The van der Waals surface area contributed by atoms with Gasteiger partial charge in [0, 0.05) is 12.2 Å². The lowest BCUT2D eigenvalue weighted by Crippen LogP contribution is -2.37. The Kier molecular flexibility index (Phi) is 8.36. The van der Waals surface area contributed by atoms with E-state index in [9.17, 15) is 30.8 Å². The summed E-state index contributed by atoms with van der Waals surface area (Å²) in [6.07, 6.45) is -4.96. The number of carbonyl (C=O) groups is 1. The number of amides is 1. The quantitative estimate of drug-likeness (QED) is 0.382. The van der Waals surface area contributed by atoms with Gasteiger partial charge in [-0.2, -0.15) is 17.5 Å². The number of ether oxygens (including phenoxy) is 1. The number of sulfonamides is 1. The average Bonchev–Trinajstić information content (AvgIpc) is 2.81. The lowest BCUT2D eigenvalue weighted by molar-refractivity contribution is -0.140. The summed E-state index contributed by atoms with van der Waals surface area (Å²) in [7, 11) is -4.20. The highest BCUT2D eigenvalue weighted by Gasteiger charge is 2.34. The number of hydrogen-bond acceptors (Lipinski definition) is 4. The maximum atomic E-state index is 13.6. The molecule has 3 aromatic carbocycles. The van der Waals surface area contributed by atoms with E-state index in [0.29, 0.717) is 35.6 Å². The number of aryl methyl sites for hydroxylation is 1. The zero-order valence-corrected chi connectivity index (χ0v) is 20.3. The molecule has 0 bridgehead atoms. The molecule has 0 atom stereocenters. The number of hydrogen-bond donors (Lipinski definition) is 1. The molecule has 0 spiro atoms. The minimum Gasteiger partial charge on any atom is -0.494 e. The molecule has 3 aromatic rings. The summed E-state index contributed by atoms with van der Waals surface area (Å²) in [5.41, 5.74) is -0.688. The van der Waals surface area contributed by atoms with Gasteiger partial charge in [0.2, 0.25) is 15.9 Å². The molecule has 11 heteroatoms. The molecule has 0 heterocycles. The van der Waals surface area contributed by atoms with Crippen LogP contribution in [0.4, 0.5) is 23.2 Å². The van der Waals surface area contributed by atoms with Crippen molar-refractivity contribution in [1.82, 2.24) is 4.31 Å². The lowest BCUT2D eigenvalue weighted by atomic mass is 10.2. The first-order valence-corrected chi connectivity index (χ1v) is 12.3. The highest BCUT2D eigenvalue weighted by molar-refractivity contribution is 7.89.